The molecule has 3 nitrogen and oxygen atoms in total. The van der Waals surface area contributed by atoms with E-state index in [1.807, 2.05) is 0 Å². The van der Waals surface area contributed by atoms with Crippen LogP contribution in [-0.4, -0.2) is 23.1 Å². The number of rotatable bonds is 2. The van der Waals surface area contributed by atoms with Crippen LogP contribution in [0.15, 0.2) is 46.1 Å². The minimum absolute atomic E-state index is 0.0298. The molecule has 0 aliphatic heterocycles. The number of alkyl halides is 3. The first-order chi connectivity index (χ1) is 15.6. The monoisotopic (exact) mass is 458 g/mol. The SMILES string of the molecule is CC12CCC(O)CC1=CCC1C2CCC2(C)/C(=N/N=C/c3ccccc3C(F)(F)F)CCC12. The Kier molecular flexibility index (Phi) is 5.58. The van der Waals surface area contributed by atoms with Crippen molar-refractivity contribution < 1.29 is 18.3 Å². The summed E-state index contributed by atoms with van der Waals surface area (Å²) in [5.41, 5.74) is 2.05. The molecule has 6 heteroatoms. The van der Waals surface area contributed by atoms with Gasteiger partial charge in [0.2, 0.25) is 0 Å². The molecule has 0 saturated heterocycles. The first-order valence-corrected chi connectivity index (χ1v) is 12.3. The van der Waals surface area contributed by atoms with Gasteiger partial charge in [-0.25, -0.2) is 0 Å². The second kappa shape index (κ2) is 8.07. The Morgan fingerprint density at radius 2 is 1.76 bits per heavy atom. The minimum Gasteiger partial charge on any atom is -0.393 e. The minimum atomic E-state index is -4.41. The topological polar surface area (TPSA) is 45.0 Å². The van der Waals surface area contributed by atoms with Gasteiger partial charge in [-0.1, -0.05) is 43.7 Å². The summed E-state index contributed by atoms with van der Waals surface area (Å²) in [6.07, 6.45) is 7.05. The van der Waals surface area contributed by atoms with Crippen molar-refractivity contribution in [1.82, 2.24) is 0 Å². The van der Waals surface area contributed by atoms with Gasteiger partial charge in [0.25, 0.3) is 0 Å². The molecule has 1 aromatic carbocycles. The quantitative estimate of drug-likeness (QED) is 0.296. The molecule has 0 radical (unpaired) electrons. The van der Waals surface area contributed by atoms with Gasteiger partial charge in [-0.2, -0.15) is 23.4 Å². The lowest BCUT2D eigenvalue weighted by Crippen LogP contribution is -2.50. The first-order valence-electron chi connectivity index (χ1n) is 12.3. The van der Waals surface area contributed by atoms with Gasteiger partial charge in [-0.05, 0) is 80.6 Å². The third-order valence-electron chi connectivity index (χ3n) is 9.46. The number of aliphatic hydroxyl groups excluding tert-OH is 1. The van der Waals surface area contributed by atoms with Crippen LogP contribution in [0.3, 0.4) is 0 Å². The number of nitrogens with zero attached hydrogens (tertiary/aromatic N) is 2. The van der Waals surface area contributed by atoms with E-state index in [2.05, 4.69) is 30.1 Å². The molecule has 0 bridgehead atoms. The van der Waals surface area contributed by atoms with Crippen molar-refractivity contribution in [3.05, 3.63) is 47.0 Å². The van der Waals surface area contributed by atoms with Crippen molar-refractivity contribution in [2.45, 2.75) is 77.5 Å². The van der Waals surface area contributed by atoms with E-state index < -0.39 is 11.7 Å². The number of aliphatic hydroxyl groups is 1. The van der Waals surface area contributed by atoms with Gasteiger partial charge in [0.15, 0.2) is 0 Å². The number of allylic oxidation sites excluding steroid dienone is 1. The molecule has 1 N–H and O–H groups in total. The molecular weight excluding hydrogens is 425 g/mol. The standard InChI is InChI=1S/C27H33F3N2O/c1-25-13-11-19(33)15-18(25)7-8-20-22-9-10-24(26(22,2)14-12-23(20)25)32-31-16-17-5-3-4-6-21(17)27(28,29)30/h3-7,16,19-20,22-23,33H,8-15H2,1-2H3/b31-16+,32-24+. The molecule has 4 aliphatic rings. The molecule has 3 saturated carbocycles. The summed E-state index contributed by atoms with van der Waals surface area (Å²) in [6.45, 7) is 4.71. The third kappa shape index (κ3) is 3.78. The van der Waals surface area contributed by atoms with E-state index in [1.54, 1.807) is 6.07 Å². The van der Waals surface area contributed by atoms with E-state index in [-0.39, 0.29) is 22.5 Å². The fraction of sp³-hybridized carbons (Fsp3) is 0.630. The molecule has 5 rings (SSSR count). The van der Waals surface area contributed by atoms with Crippen LogP contribution >= 0.6 is 0 Å². The lowest BCUT2D eigenvalue weighted by Gasteiger charge is -2.57. The highest BCUT2D eigenvalue weighted by Crippen LogP contribution is 2.64. The smallest absolute Gasteiger partial charge is 0.393 e. The van der Waals surface area contributed by atoms with E-state index >= 15 is 0 Å². The second-order valence-electron chi connectivity index (χ2n) is 11.0. The summed E-state index contributed by atoms with van der Waals surface area (Å²) < 4.78 is 39.8. The van der Waals surface area contributed by atoms with E-state index in [0.717, 1.165) is 63.1 Å². The number of halogens is 3. The van der Waals surface area contributed by atoms with Crippen LogP contribution in [-0.2, 0) is 6.18 Å². The van der Waals surface area contributed by atoms with E-state index in [1.165, 1.54) is 23.9 Å². The number of benzene rings is 1. The molecule has 178 valence electrons. The van der Waals surface area contributed by atoms with Crippen LogP contribution < -0.4 is 0 Å². The molecule has 4 aliphatic carbocycles. The number of hydrogen-bond donors (Lipinski definition) is 1. The maximum Gasteiger partial charge on any atom is 0.417 e. The van der Waals surface area contributed by atoms with E-state index in [4.69, 9.17) is 0 Å². The fourth-order valence-corrected chi connectivity index (χ4v) is 7.62. The van der Waals surface area contributed by atoms with Gasteiger partial charge < -0.3 is 5.11 Å². The van der Waals surface area contributed by atoms with Crippen LogP contribution in [0.25, 0.3) is 0 Å². The Morgan fingerprint density at radius 1 is 1.03 bits per heavy atom. The third-order valence-corrected chi connectivity index (χ3v) is 9.46. The van der Waals surface area contributed by atoms with Crippen molar-refractivity contribution in [2.75, 3.05) is 0 Å². The molecule has 0 spiro atoms. The summed E-state index contributed by atoms with van der Waals surface area (Å²) in [7, 11) is 0. The summed E-state index contributed by atoms with van der Waals surface area (Å²) in [5, 5.41) is 18.8. The normalized spacial score (nSPS) is 39.8. The first kappa shape index (κ1) is 22.8. The molecule has 0 aromatic heterocycles. The average Bonchev–Trinajstić information content (AvgIpc) is 3.10. The van der Waals surface area contributed by atoms with Gasteiger partial charge >= 0.3 is 6.18 Å². The molecular formula is C27H33F3N2O. The highest BCUT2D eigenvalue weighted by Gasteiger charge is 2.57. The number of fused-ring (bicyclic) bond motifs is 5. The Hall–Kier alpha value is -1.95. The van der Waals surface area contributed by atoms with Crippen molar-refractivity contribution in [3.63, 3.8) is 0 Å². The fourth-order valence-electron chi connectivity index (χ4n) is 7.62. The zero-order valence-corrected chi connectivity index (χ0v) is 19.4. The highest BCUT2D eigenvalue weighted by atomic mass is 19.4. The Morgan fingerprint density at radius 3 is 2.55 bits per heavy atom. The lowest BCUT2D eigenvalue weighted by molar-refractivity contribution is -0.137. The zero-order valence-electron chi connectivity index (χ0n) is 19.4. The summed E-state index contributed by atoms with van der Waals surface area (Å²) in [4.78, 5) is 0. The maximum atomic E-state index is 13.3. The molecule has 1 aromatic rings. The van der Waals surface area contributed by atoms with Crippen molar-refractivity contribution in [3.8, 4) is 0 Å². The Labute approximate surface area is 193 Å². The molecule has 33 heavy (non-hydrogen) atoms. The van der Waals surface area contributed by atoms with Crippen molar-refractivity contribution in [2.24, 2.45) is 38.8 Å². The zero-order chi connectivity index (χ0) is 23.4. The predicted molar refractivity (Wildman–Crippen MR) is 124 cm³/mol. The van der Waals surface area contributed by atoms with Crippen LogP contribution in [0, 0.1) is 28.6 Å². The molecule has 0 amide bonds. The maximum absolute atomic E-state index is 13.3. The molecule has 6 unspecified atom stereocenters. The van der Waals surface area contributed by atoms with Gasteiger partial charge in [-0.15, -0.1) is 0 Å². The van der Waals surface area contributed by atoms with Crippen molar-refractivity contribution >= 4 is 11.9 Å². The summed E-state index contributed by atoms with van der Waals surface area (Å²) in [5.74, 6) is 1.79. The Bertz CT molecular complexity index is 1010. The van der Waals surface area contributed by atoms with Gasteiger partial charge in [0.1, 0.15) is 0 Å². The molecule has 6 atom stereocenters. The summed E-state index contributed by atoms with van der Waals surface area (Å²) >= 11 is 0. The highest BCUT2D eigenvalue weighted by molar-refractivity contribution is 5.93. The van der Waals surface area contributed by atoms with Crippen molar-refractivity contribution in [1.29, 1.82) is 0 Å². The number of hydrogen-bond acceptors (Lipinski definition) is 3. The average molecular weight is 459 g/mol. The van der Waals surface area contributed by atoms with Crippen LogP contribution in [0.4, 0.5) is 13.2 Å². The largest absolute Gasteiger partial charge is 0.417 e. The van der Waals surface area contributed by atoms with Gasteiger partial charge in [-0.3, -0.25) is 0 Å². The molecule has 0 heterocycles. The van der Waals surface area contributed by atoms with Crippen LogP contribution in [0.1, 0.15) is 76.3 Å². The van der Waals surface area contributed by atoms with Gasteiger partial charge in [0.05, 0.1) is 17.9 Å². The van der Waals surface area contributed by atoms with Crippen LogP contribution in [0.2, 0.25) is 0 Å². The van der Waals surface area contributed by atoms with E-state index in [0.29, 0.717) is 17.8 Å². The second-order valence-corrected chi connectivity index (χ2v) is 11.0. The van der Waals surface area contributed by atoms with Crippen LogP contribution in [0.5, 0.6) is 0 Å². The Balaban J connectivity index is 1.38. The summed E-state index contributed by atoms with van der Waals surface area (Å²) in [6, 6.07) is 5.50. The lowest BCUT2D eigenvalue weighted by atomic mass is 9.48. The van der Waals surface area contributed by atoms with E-state index in [9.17, 15) is 18.3 Å². The predicted octanol–water partition coefficient (Wildman–Crippen LogP) is 6.80. The van der Waals surface area contributed by atoms with Gasteiger partial charge in [0, 0.05) is 16.7 Å². The molecule has 3 fully saturated rings.